The second kappa shape index (κ2) is 8.23. The summed E-state index contributed by atoms with van der Waals surface area (Å²) in [6.07, 6.45) is 6.87. The van der Waals surface area contributed by atoms with Crippen molar-refractivity contribution in [1.29, 1.82) is 0 Å². The van der Waals surface area contributed by atoms with E-state index in [0.717, 1.165) is 57.0 Å². The minimum absolute atomic E-state index is 0.735. The predicted molar refractivity (Wildman–Crippen MR) is 90.0 cm³/mol. The Morgan fingerprint density at radius 3 is 3.05 bits per heavy atom. The zero-order chi connectivity index (χ0) is 15.1. The first-order chi connectivity index (χ1) is 10.1. The van der Waals surface area contributed by atoms with Gasteiger partial charge in [0.25, 0.3) is 0 Å². The molecule has 1 aliphatic rings. The highest BCUT2D eigenvalue weighted by Crippen LogP contribution is 2.26. The van der Waals surface area contributed by atoms with Gasteiger partial charge in [0.2, 0.25) is 0 Å². The zero-order valence-electron chi connectivity index (χ0n) is 13.7. The van der Waals surface area contributed by atoms with E-state index in [1.807, 2.05) is 0 Å². The van der Waals surface area contributed by atoms with E-state index in [1.54, 1.807) is 0 Å². The maximum atomic E-state index is 5.55. The van der Waals surface area contributed by atoms with E-state index in [2.05, 4.69) is 50.4 Å². The van der Waals surface area contributed by atoms with E-state index < -0.39 is 0 Å². The standard InChI is InChI=1S/C19H29NO/c1-15(2)14-20-11-4-5-16(3)6-7-17-8-9-19-18(13-17)10-12-21-19/h5,8-9,13,15,20H,4,6-7,10-12,14H2,1-3H3. The van der Waals surface area contributed by atoms with Gasteiger partial charge in [-0.1, -0.05) is 37.6 Å². The van der Waals surface area contributed by atoms with Gasteiger partial charge in [0, 0.05) is 6.42 Å². The number of ether oxygens (including phenoxy) is 1. The smallest absolute Gasteiger partial charge is 0.122 e. The van der Waals surface area contributed by atoms with Crippen LogP contribution in [-0.4, -0.2) is 19.7 Å². The molecule has 116 valence electrons. The van der Waals surface area contributed by atoms with Crippen molar-refractivity contribution in [3.05, 3.63) is 41.0 Å². The Morgan fingerprint density at radius 2 is 2.24 bits per heavy atom. The van der Waals surface area contributed by atoms with Crippen molar-refractivity contribution in [1.82, 2.24) is 5.32 Å². The summed E-state index contributed by atoms with van der Waals surface area (Å²) in [4.78, 5) is 0. The number of hydrogen-bond donors (Lipinski definition) is 1. The average molecular weight is 287 g/mol. The van der Waals surface area contributed by atoms with Gasteiger partial charge in [0.15, 0.2) is 0 Å². The maximum Gasteiger partial charge on any atom is 0.122 e. The molecule has 0 aromatic heterocycles. The number of hydrogen-bond acceptors (Lipinski definition) is 2. The van der Waals surface area contributed by atoms with Crippen LogP contribution in [0.4, 0.5) is 0 Å². The molecule has 0 aliphatic carbocycles. The van der Waals surface area contributed by atoms with Crippen LogP contribution in [0.25, 0.3) is 0 Å². The minimum Gasteiger partial charge on any atom is -0.493 e. The van der Waals surface area contributed by atoms with Crippen LogP contribution in [-0.2, 0) is 12.8 Å². The second-order valence-corrected chi connectivity index (χ2v) is 6.48. The monoisotopic (exact) mass is 287 g/mol. The van der Waals surface area contributed by atoms with Crippen molar-refractivity contribution in [2.75, 3.05) is 19.7 Å². The van der Waals surface area contributed by atoms with Crippen LogP contribution in [0, 0.1) is 5.92 Å². The van der Waals surface area contributed by atoms with Crippen LogP contribution >= 0.6 is 0 Å². The van der Waals surface area contributed by atoms with Gasteiger partial charge in [-0.25, -0.2) is 0 Å². The van der Waals surface area contributed by atoms with E-state index in [9.17, 15) is 0 Å². The fraction of sp³-hybridized carbons (Fsp3) is 0.579. The van der Waals surface area contributed by atoms with Crippen LogP contribution in [0.15, 0.2) is 29.8 Å². The molecule has 0 spiro atoms. The lowest BCUT2D eigenvalue weighted by molar-refractivity contribution is 0.357. The molecule has 0 bridgehead atoms. The van der Waals surface area contributed by atoms with Crippen LogP contribution in [0.3, 0.4) is 0 Å². The average Bonchev–Trinajstić information content (AvgIpc) is 2.92. The van der Waals surface area contributed by atoms with E-state index in [0.29, 0.717) is 0 Å². The molecule has 2 heteroatoms. The fourth-order valence-corrected chi connectivity index (χ4v) is 2.65. The summed E-state index contributed by atoms with van der Waals surface area (Å²) in [5, 5.41) is 3.48. The Balaban J connectivity index is 1.69. The van der Waals surface area contributed by atoms with Crippen molar-refractivity contribution < 1.29 is 4.74 Å². The molecule has 21 heavy (non-hydrogen) atoms. The molecule has 1 heterocycles. The molecule has 2 nitrogen and oxygen atoms in total. The third-order valence-electron chi connectivity index (χ3n) is 3.93. The van der Waals surface area contributed by atoms with Crippen molar-refractivity contribution in [3.63, 3.8) is 0 Å². The normalized spacial score (nSPS) is 14.4. The number of benzene rings is 1. The molecular weight excluding hydrogens is 258 g/mol. The van der Waals surface area contributed by atoms with Crippen molar-refractivity contribution in [2.24, 2.45) is 5.92 Å². The van der Waals surface area contributed by atoms with Crippen LogP contribution in [0.5, 0.6) is 5.75 Å². The molecular formula is C19H29NO. The minimum atomic E-state index is 0.735. The van der Waals surface area contributed by atoms with E-state index in [-0.39, 0.29) is 0 Å². The Labute approximate surface area is 129 Å². The van der Waals surface area contributed by atoms with Gasteiger partial charge in [-0.3, -0.25) is 0 Å². The second-order valence-electron chi connectivity index (χ2n) is 6.48. The Morgan fingerprint density at radius 1 is 1.38 bits per heavy atom. The predicted octanol–water partition coefficient (Wildman–Crippen LogP) is 4.14. The molecule has 1 aromatic carbocycles. The largest absolute Gasteiger partial charge is 0.493 e. The van der Waals surface area contributed by atoms with Gasteiger partial charge in [-0.05, 0) is 62.4 Å². The lowest BCUT2D eigenvalue weighted by atomic mass is 10.0. The summed E-state index contributed by atoms with van der Waals surface area (Å²) >= 11 is 0. The van der Waals surface area contributed by atoms with E-state index in [1.165, 1.54) is 16.7 Å². The molecule has 0 saturated carbocycles. The molecule has 0 radical (unpaired) electrons. The third kappa shape index (κ3) is 5.55. The number of allylic oxidation sites excluding steroid dienone is 1. The summed E-state index contributed by atoms with van der Waals surface area (Å²) < 4.78 is 5.55. The first-order valence-corrected chi connectivity index (χ1v) is 8.26. The zero-order valence-corrected chi connectivity index (χ0v) is 13.7. The Bertz CT molecular complexity index is 476. The Kier molecular flexibility index (Phi) is 6.31. The number of rotatable bonds is 8. The Hall–Kier alpha value is -1.28. The van der Waals surface area contributed by atoms with Gasteiger partial charge in [-0.2, -0.15) is 0 Å². The van der Waals surface area contributed by atoms with Crippen LogP contribution < -0.4 is 10.1 Å². The highest BCUT2D eigenvalue weighted by Gasteiger charge is 2.11. The molecule has 1 N–H and O–H groups in total. The van der Waals surface area contributed by atoms with Gasteiger partial charge < -0.3 is 10.1 Å². The number of nitrogens with one attached hydrogen (secondary N) is 1. The van der Waals surface area contributed by atoms with Crippen molar-refractivity contribution in [2.45, 2.75) is 46.5 Å². The van der Waals surface area contributed by atoms with Crippen molar-refractivity contribution in [3.8, 4) is 5.75 Å². The first kappa shape index (κ1) is 16.1. The quantitative estimate of drug-likeness (QED) is 0.573. The molecule has 1 aliphatic heterocycles. The topological polar surface area (TPSA) is 21.3 Å². The molecule has 0 atom stereocenters. The number of fused-ring (bicyclic) bond motifs is 1. The fourth-order valence-electron chi connectivity index (χ4n) is 2.65. The molecule has 1 aromatic rings. The molecule has 0 saturated heterocycles. The highest BCUT2D eigenvalue weighted by atomic mass is 16.5. The highest BCUT2D eigenvalue weighted by molar-refractivity contribution is 5.39. The van der Waals surface area contributed by atoms with Crippen LogP contribution in [0.2, 0.25) is 0 Å². The summed E-state index contributed by atoms with van der Waals surface area (Å²) in [5.41, 5.74) is 4.31. The maximum absolute atomic E-state index is 5.55. The number of aryl methyl sites for hydroxylation is 1. The van der Waals surface area contributed by atoms with Gasteiger partial charge in [0.05, 0.1) is 6.61 Å². The molecule has 0 unspecified atom stereocenters. The van der Waals surface area contributed by atoms with Crippen LogP contribution in [0.1, 0.15) is 44.7 Å². The van der Waals surface area contributed by atoms with E-state index >= 15 is 0 Å². The first-order valence-electron chi connectivity index (χ1n) is 8.26. The molecule has 0 fully saturated rings. The molecule has 0 amide bonds. The lowest BCUT2D eigenvalue weighted by Gasteiger charge is -2.07. The van der Waals surface area contributed by atoms with E-state index in [4.69, 9.17) is 4.74 Å². The summed E-state index contributed by atoms with van der Waals surface area (Å²) in [5.74, 6) is 1.82. The lowest BCUT2D eigenvalue weighted by Crippen LogP contribution is -2.20. The van der Waals surface area contributed by atoms with Gasteiger partial charge in [-0.15, -0.1) is 0 Å². The SMILES string of the molecule is CC(=CCCNCC(C)C)CCc1ccc2c(c1)CCO2. The summed E-state index contributed by atoms with van der Waals surface area (Å²) in [6, 6.07) is 6.66. The van der Waals surface area contributed by atoms with Crippen molar-refractivity contribution >= 4 is 0 Å². The third-order valence-corrected chi connectivity index (χ3v) is 3.93. The van der Waals surface area contributed by atoms with Gasteiger partial charge in [0.1, 0.15) is 5.75 Å². The summed E-state index contributed by atoms with van der Waals surface area (Å²) in [6.45, 7) is 9.79. The molecule has 2 rings (SSSR count). The summed E-state index contributed by atoms with van der Waals surface area (Å²) in [7, 11) is 0. The van der Waals surface area contributed by atoms with Gasteiger partial charge >= 0.3 is 0 Å².